The quantitative estimate of drug-likeness (QED) is 0.398. The number of ether oxygens (including phenoxy) is 1. The largest absolute Gasteiger partial charge is 0.489 e. The summed E-state index contributed by atoms with van der Waals surface area (Å²) in [6, 6.07) is 7.08. The first-order valence-corrected chi connectivity index (χ1v) is 4.89. The number of rotatable bonds is 4. The molecule has 0 saturated heterocycles. The van der Waals surface area contributed by atoms with Crippen LogP contribution in [0.2, 0.25) is 0 Å². The molecule has 6 N–H and O–H groups in total. The third kappa shape index (κ3) is 4.70. The van der Waals surface area contributed by atoms with Crippen molar-refractivity contribution in [3.8, 4) is 5.75 Å². The summed E-state index contributed by atoms with van der Waals surface area (Å²) in [6.07, 6.45) is 1.66. The van der Waals surface area contributed by atoms with Gasteiger partial charge in [-0.3, -0.25) is 0 Å². The number of aliphatic imine (C=N–C) groups is 2. The third-order valence-electron chi connectivity index (χ3n) is 1.67. The van der Waals surface area contributed by atoms with Gasteiger partial charge in [0, 0.05) is 6.07 Å². The van der Waals surface area contributed by atoms with Gasteiger partial charge in [-0.05, 0) is 12.1 Å². The highest BCUT2D eigenvalue weighted by atomic mass is 16.5. The summed E-state index contributed by atoms with van der Waals surface area (Å²) in [5, 5.41) is 0. The van der Waals surface area contributed by atoms with Crippen molar-refractivity contribution in [2.24, 2.45) is 27.2 Å². The van der Waals surface area contributed by atoms with Crippen molar-refractivity contribution in [2.45, 2.75) is 0 Å². The van der Waals surface area contributed by atoms with Crippen molar-refractivity contribution in [1.82, 2.24) is 0 Å². The first-order valence-electron chi connectivity index (χ1n) is 4.89. The van der Waals surface area contributed by atoms with Crippen molar-refractivity contribution in [1.29, 1.82) is 0 Å². The van der Waals surface area contributed by atoms with Crippen LogP contribution in [-0.4, -0.2) is 18.5 Å². The maximum atomic E-state index is 5.50. The Balaban J connectivity index is 2.84. The van der Waals surface area contributed by atoms with Crippen molar-refractivity contribution in [3.63, 3.8) is 0 Å². The van der Waals surface area contributed by atoms with E-state index in [0.717, 1.165) is 0 Å². The Hall–Kier alpha value is -2.50. The summed E-state index contributed by atoms with van der Waals surface area (Å²) in [5.41, 5.74) is 16.5. The highest BCUT2D eigenvalue weighted by molar-refractivity contribution is 5.93. The minimum Gasteiger partial charge on any atom is -0.489 e. The molecule has 0 spiro atoms. The first-order chi connectivity index (χ1) is 8.11. The normalized spacial score (nSPS) is 10.7. The summed E-state index contributed by atoms with van der Waals surface area (Å²) in [5.74, 6) is 0.528. The average molecular weight is 233 g/mol. The predicted molar refractivity (Wildman–Crippen MR) is 69.2 cm³/mol. The van der Waals surface area contributed by atoms with E-state index in [-0.39, 0.29) is 11.9 Å². The molecule has 0 aliphatic rings. The lowest BCUT2D eigenvalue weighted by molar-refractivity contribution is 0.363. The Morgan fingerprint density at radius 1 is 1.35 bits per heavy atom. The fourth-order valence-electron chi connectivity index (χ4n) is 1.09. The monoisotopic (exact) mass is 233 g/mol. The van der Waals surface area contributed by atoms with Gasteiger partial charge in [0.2, 0.25) is 5.96 Å². The van der Waals surface area contributed by atoms with Gasteiger partial charge in [-0.15, -0.1) is 0 Å². The summed E-state index contributed by atoms with van der Waals surface area (Å²) in [6.45, 7) is 3.99. The Bertz CT molecular complexity index is 449. The molecule has 6 nitrogen and oxygen atoms in total. The van der Waals surface area contributed by atoms with Gasteiger partial charge in [0.05, 0.1) is 5.69 Å². The third-order valence-corrected chi connectivity index (χ3v) is 1.67. The first kappa shape index (κ1) is 12.6. The molecule has 0 heterocycles. The minimum absolute atomic E-state index is 0.00845. The van der Waals surface area contributed by atoms with Crippen molar-refractivity contribution in [2.75, 3.05) is 6.61 Å². The molecular formula is C11H15N5O. The zero-order chi connectivity index (χ0) is 12.7. The molecule has 0 radical (unpaired) electrons. The molecule has 0 saturated carbocycles. The molecular weight excluding hydrogens is 218 g/mol. The van der Waals surface area contributed by atoms with Gasteiger partial charge < -0.3 is 21.9 Å². The Morgan fingerprint density at radius 2 is 2.12 bits per heavy atom. The molecule has 0 aliphatic heterocycles. The van der Waals surface area contributed by atoms with E-state index in [0.29, 0.717) is 18.0 Å². The molecule has 90 valence electrons. The second-order valence-corrected chi connectivity index (χ2v) is 3.10. The Kier molecular flexibility index (Phi) is 4.56. The average Bonchev–Trinajstić information content (AvgIpc) is 2.25. The summed E-state index contributed by atoms with van der Waals surface area (Å²) < 4.78 is 5.35. The van der Waals surface area contributed by atoms with E-state index in [1.54, 1.807) is 30.3 Å². The Morgan fingerprint density at radius 3 is 2.76 bits per heavy atom. The smallest absolute Gasteiger partial charge is 0.223 e. The molecule has 0 unspecified atom stereocenters. The van der Waals surface area contributed by atoms with Gasteiger partial charge >= 0.3 is 0 Å². The van der Waals surface area contributed by atoms with Crippen LogP contribution in [0.15, 0.2) is 46.9 Å². The lowest BCUT2D eigenvalue weighted by Gasteiger charge is -2.03. The zero-order valence-electron chi connectivity index (χ0n) is 9.34. The predicted octanol–water partition coefficient (Wildman–Crippen LogP) is 0.471. The molecule has 1 aromatic carbocycles. The van der Waals surface area contributed by atoms with Crippen LogP contribution in [0.3, 0.4) is 0 Å². The van der Waals surface area contributed by atoms with E-state index in [1.807, 2.05) is 0 Å². The number of guanidine groups is 2. The molecule has 0 aliphatic carbocycles. The maximum absolute atomic E-state index is 5.50. The standard InChI is InChI=1S/C11H15N5O/c1-2-6-17-9-5-3-4-8(7-9)15-11(14)16-10(12)13/h2-5,7H,1,6H2,(H6,12,13,14,15,16). The number of benzene rings is 1. The summed E-state index contributed by atoms with van der Waals surface area (Å²) in [4.78, 5) is 7.62. The number of nitrogens with two attached hydrogens (primary N) is 3. The van der Waals surface area contributed by atoms with Gasteiger partial charge in [-0.25, -0.2) is 4.99 Å². The van der Waals surface area contributed by atoms with Crippen molar-refractivity contribution in [3.05, 3.63) is 36.9 Å². The summed E-state index contributed by atoms with van der Waals surface area (Å²) in [7, 11) is 0. The lowest BCUT2D eigenvalue weighted by atomic mass is 10.3. The van der Waals surface area contributed by atoms with Crippen molar-refractivity contribution >= 4 is 17.6 Å². The number of hydrogen-bond donors (Lipinski definition) is 3. The Labute approximate surface area is 99.5 Å². The summed E-state index contributed by atoms with van der Waals surface area (Å²) >= 11 is 0. The fourth-order valence-corrected chi connectivity index (χ4v) is 1.09. The van der Waals surface area contributed by atoms with E-state index in [2.05, 4.69) is 16.6 Å². The van der Waals surface area contributed by atoms with Gasteiger partial charge in [0.25, 0.3) is 0 Å². The van der Waals surface area contributed by atoms with E-state index >= 15 is 0 Å². The van der Waals surface area contributed by atoms with E-state index in [1.165, 1.54) is 0 Å². The van der Waals surface area contributed by atoms with Gasteiger partial charge in [0.15, 0.2) is 5.96 Å². The van der Waals surface area contributed by atoms with Gasteiger partial charge in [-0.1, -0.05) is 18.7 Å². The molecule has 0 aromatic heterocycles. The van der Waals surface area contributed by atoms with Gasteiger partial charge in [0.1, 0.15) is 12.4 Å². The maximum Gasteiger partial charge on any atom is 0.223 e. The fraction of sp³-hybridized carbons (Fsp3) is 0.0909. The molecule has 1 aromatic rings. The molecule has 0 fully saturated rings. The van der Waals surface area contributed by atoms with Crippen molar-refractivity contribution < 1.29 is 4.74 Å². The SMILES string of the molecule is C=CCOc1cccc(N=C(N)N=C(N)N)c1. The van der Waals surface area contributed by atoms with Crippen LogP contribution >= 0.6 is 0 Å². The van der Waals surface area contributed by atoms with Crippen LogP contribution in [-0.2, 0) is 0 Å². The number of hydrogen-bond acceptors (Lipinski definition) is 2. The molecule has 0 amide bonds. The van der Waals surface area contributed by atoms with Crippen LogP contribution < -0.4 is 21.9 Å². The molecule has 17 heavy (non-hydrogen) atoms. The van der Waals surface area contributed by atoms with Crippen LogP contribution in [0.25, 0.3) is 0 Å². The second kappa shape index (κ2) is 6.16. The number of nitrogens with zero attached hydrogens (tertiary/aromatic N) is 2. The minimum atomic E-state index is -0.134. The van der Waals surface area contributed by atoms with Crippen LogP contribution in [0.4, 0.5) is 5.69 Å². The van der Waals surface area contributed by atoms with Crippen LogP contribution in [0.5, 0.6) is 5.75 Å². The van der Waals surface area contributed by atoms with Crippen LogP contribution in [0.1, 0.15) is 0 Å². The molecule has 0 atom stereocenters. The molecule has 1 rings (SSSR count). The lowest BCUT2D eigenvalue weighted by Crippen LogP contribution is -2.26. The highest BCUT2D eigenvalue weighted by Crippen LogP contribution is 2.19. The van der Waals surface area contributed by atoms with E-state index in [9.17, 15) is 0 Å². The van der Waals surface area contributed by atoms with E-state index in [4.69, 9.17) is 21.9 Å². The highest BCUT2D eigenvalue weighted by Gasteiger charge is 1.96. The van der Waals surface area contributed by atoms with Crippen LogP contribution in [0, 0.1) is 0 Å². The zero-order valence-corrected chi connectivity index (χ0v) is 9.34. The second-order valence-electron chi connectivity index (χ2n) is 3.10. The molecule has 6 heteroatoms. The van der Waals surface area contributed by atoms with E-state index < -0.39 is 0 Å². The topological polar surface area (TPSA) is 112 Å². The molecule has 0 bridgehead atoms. The van der Waals surface area contributed by atoms with Gasteiger partial charge in [-0.2, -0.15) is 4.99 Å².